The Morgan fingerprint density at radius 1 is 1.16 bits per heavy atom. The molecule has 2 heterocycles. The molecule has 4 aromatic rings. The zero-order valence-corrected chi connectivity index (χ0v) is 17.2. The summed E-state index contributed by atoms with van der Waals surface area (Å²) >= 11 is 0. The predicted molar refractivity (Wildman–Crippen MR) is 108 cm³/mol. The molecule has 0 saturated carbocycles. The van der Waals surface area contributed by atoms with Crippen LogP contribution in [0.15, 0.2) is 47.5 Å². The molecule has 0 bridgehead atoms. The highest BCUT2D eigenvalue weighted by Crippen LogP contribution is 2.35. The summed E-state index contributed by atoms with van der Waals surface area (Å²) < 4.78 is 61.6. The normalized spacial score (nSPS) is 11.3. The van der Waals surface area contributed by atoms with Crippen molar-refractivity contribution in [2.24, 2.45) is 0 Å². The molecule has 0 aliphatic rings. The summed E-state index contributed by atoms with van der Waals surface area (Å²) in [5.41, 5.74) is 0.814. The SMILES string of the molecule is CS(=O)(=O)c1ccc(OCC#N)c(-c2[nH]nc3nc(Oc4ccc(F)cc4F)ncc23)c1. The second-order valence-corrected chi connectivity index (χ2v) is 8.56. The number of aromatic nitrogens is 4. The molecule has 4 rings (SSSR count). The fraction of sp³-hybridized carbons (Fsp3) is 0.100. The first-order valence-corrected chi connectivity index (χ1v) is 10.8. The molecule has 2 aromatic carbocycles. The van der Waals surface area contributed by atoms with Gasteiger partial charge in [-0.3, -0.25) is 5.10 Å². The number of hydrogen-bond donors (Lipinski definition) is 1. The summed E-state index contributed by atoms with van der Waals surface area (Å²) in [5, 5.41) is 16.0. The van der Waals surface area contributed by atoms with Crippen LogP contribution < -0.4 is 9.47 Å². The smallest absolute Gasteiger partial charge is 0.324 e. The number of nitrogens with one attached hydrogen (secondary N) is 1. The van der Waals surface area contributed by atoms with Crippen LogP contribution in [0.3, 0.4) is 0 Å². The van der Waals surface area contributed by atoms with Gasteiger partial charge in [-0.25, -0.2) is 22.2 Å². The van der Waals surface area contributed by atoms with Crippen molar-refractivity contribution in [3.8, 4) is 34.8 Å². The summed E-state index contributed by atoms with van der Waals surface area (Å²) in [6.07, 6.45) is 2.41. The summed E-state index contributed by atoms with van der Waals surface area (Å²) in [6, 6.07) is 8.60. The lowest BCUT2D eigenvalue weighted by molar-refractivity contribution is 0.369. The van der Waals surface area contributed by atoms with E-state index in [4.69, 9.17) is 14.7 Å². The number of ether oxygens (including phenoxy) is 2. The zero-order chi connectivity index (χ0) is 22.9. The Morgan fingerprint density at radius 3 is 2.66 bits per heavy atom. The van der Waals surface area contributed by atoms with Crippen molar-refractivity contribution in [2.45, 2.75) is 4.90 Å². The molecule has 12 heteroatoms. The summed E-state index contributed by atoms with van der Waals surface area (Å²) in [4.78, 5) is 8.15. The van der Waals surface area contributed by atoms with Gasteiger partial charge >= 0.3 is 6.01 Å². The van der Waals surface area contributed by atoms with Gasteiger partial charge in [0.1, 0.15) is 17.6 Å². The first-order chi connectivity index (χ1) is 15.3. The molecule has 32 heavy (non-hydrogen) atoms. The molecule has 0 saturated heterocycles. The van der Waals surface area contributed by atoms with Crippen LogP contribution in [0.5, 0.6) is 17.5 Å². The Balaban J connectivity index is 1.76. The van der Waals surface area contributed by atoms with Crippen LogP contribution in [0.4, 0.5) is 8.78 Å². The monoisotopic (exact) mass is 457 g/mol. The van der Waals surface area contributed by atoms with E-state index in [9.17, 15) is 17.2 Å². The molecule has 0 amide bonds. The third kappa shape index (κ3) is 4.19. The molecular formula is C20H13F2N5O4S. The number of halogens is 2. The van der Waals surface area contributed by atoms with Crippen LogP contribution in [-0.4, -0.2) is 41.4 Å². The fourth-order valence-corrected chi connectivity index (χ4v) is 3.52. The molecule has 0 atom stereocenters. The highest BCUT2D eigenvalue weighted by Gasteiger charge is 2.19. The van der Waals surface area contributed by atoms with Crippen LogP contribution in [0.2, 0.25) is 0 Å². The second-order valence-electron chi connectivity index (χ2n) is 6.54. The maximum Gasteiger partial charge on any atom is 0.324 e. The van der Waals surface area contributed by atoms with Crippen molar-refractivity contribution in [2.75, 3.05) is 12.9 Å². The number of sulfone groups is 1. The van der Waals surface area contributed by atoms with Crippen molar-refractivity contribution < 1.29 is 26.7 Å². The van der Waals surface area contributed by atoms with Crippen molar-refractivity contribution in [1.29, 1.82) is 5.26 Å². The Hall–Kier alpha value is -4.11. The number of benzene rings is 2. The topological polar surface area (TPSA) is 131 Å². The van der Waals surface area contributed by atoms with Gasteiger partial charge in [0.2, 0.25) is 0 Å². The van der Waals surface area contributed by atoms with E-state index in [2.05, 4.69) is 20.2 Å². The van der Waals surface area contributed by atoms with Crippen molar-refractivity contribution >= 4 is 20.9 Å². The van der Waals surface area contributed by atoms with Crippen LogP contribution in [0.25, 0.3) is 22.3 Å². The lowest BCUT2D eigenvalue weighted by Gasteiger charge is -2.10. The van der Waals surface area contributed by atoms with Gasteiger partial charge in [0, 0.05) is 24.1 Å². The molecule has 2 aromatic heterocycles. The van der Waals surface area contributed by atoms with E-state index in [0.29, 0.717) is 22.7 Å². The minimum absolute atomic E-state index is 0.0345. The third-order valence-electron chi connectivity index (χ3n) is 4.33. The van der Waals surface area contributed by atoms with E-state index < -0.39 is 21.5 Å². The maximum absolute atomic E-state index is 13.8. The number of aromatic amines is 1. The minimum atomic E-state index is -3.52. The highest BCUT2D eigenvalue weighted by molar-refractivity contribution is 7.90. The number of rotatable bonds is 6. The molecule has 0 unspecified atom stereocenters. The quantitative estimate of drug-likeness (QED) is 0.466. The minimum Gasteiger partial charge on any atom is -0.478 e. The number of nitrogens with zero attached hydrogens (tertiary/aromatic N) is 4. The number of hydrogen-bond acceptors (Lipinski definition) is 8. The lowest BCUT2D eigenvalue weighted by atomic mass is 10.1. The molecule has 0 aliphatic heterocycles. The third-order valence-corrected chi connectivity index (χ3v) is 5.44. The largest absolute Gasteiger partial charge is 0.478 e. The van der Waals surface area contributed by atoms with Crippen molar-refractivity contribution in [3.63, 3.8) is 0 Å². The summed E-state index contributed by atoms with van der Waals surface area (Å²) in [7, 11) is -3.52. The standard InChI is InChI=1S/C20H13F2N5O4S/c1-32(28,29)12-3-5-16(30-7-6-23)13(9-12)18-14-10-24-20(25-19(14)27-26-18)31-17-4-2-11(21)8-15(17)22/h2-5,8-10H,7H2,1H3,(H,24,25,26,27). The molecule has 0 spiro atoms. The van der Waals surface area contributed by atoms with Gasteiger partial charge in [-0.2, -0.15) is 15.3 Å². The van der Waals surface area contributed by atoms with Gasteiger partial charge < -0.3 is 9.47 Å². The Labute approximate surface area is 180 Å². The summed E-state index contributed by atoms with van der Waals surface area (Å²) in [5.74, 6) is -1.70. The predicted octanol–water partition coefficient (Wildman–Crippen LogP) is 3.40. The Bertz CT molecular complexity index is 1480. The van der Waals surface area contributed by atoms with E-state index in [0.717, 1.165) is 18.4 Å². The maximum atomic E-state index is 13.8. The van der Waals surface area contributed by atoms with Crippen molar-refractivity contribution in [1.82, 2.24) is 20.2 Å². The summed E-state index contributed by atoms with van der Waals surface area (Å²) in [6.45, 7) is -0.255. The first-order valence-electron chi connectivity index (χ1n) is 8.94. The molecule has 9 nitrogen and oxygen atoms in total. The first kappa shape index (κ1) is 21.1. The lowest BCUT2D eigenvalue weighted by Crippen LogP contribution is -2.01. The fourth-order valence-electron chi connectivity index (χ4n) is 2.87. The Kier molecular flexibility index (Phi) is 5.41. The number of fused-ring (bicyclic) bond motifs is 1. The molecule has 162 valence electrons. The van der Waals surface area contributed by atoms with Gasteiger partial charge in [-0.05, 0) is 30.3 Å². The molecule has 1 N–H and O–H groups in total. The molecular weight excluding hydrogens is 444 g/mol. The van der Waals surface area contributed by atoms with Crippen LogP contribution >= 0.6 is 0 Å². The second kappa shape index (κ2) is 8.20. The van der Waals surface area contributed by atoms with Gasteiger partial charge in [-0.1, -0.05) is 0 Å². The van der Waals surface area contributed by atoms with E-state index in [-0.39, 0.29) is 34.7 Å². The van der Waals surface area contributed by atoms with Gasteiger partial charge in [-0.15, -0.1) is 0 Å². The van der Waals surface area contributed by atoms with E-state index >= 15 is 0 Å². The van der Waals surface area contributed by atoms with Crippen LogP contribution in [0.1, 0.15) is 0 Å². The number of H-pyrrole nitrogens is 1. The van der Waals surface area contributed by atoms with E-state index in [1.807, 2.05) is 6.07 Å². The molecule has 0 aliphatic carbocycles. The molecule has 0 fully saturated rings. The molecule has 0 radical (unpaired) electrons. The van der Waals surface area contributed by atoms with Crippen molar-refractivity contribution in [3.05, 3.63) is 54.2 Å². The van der Waals surface area contributed by atoms with Gasteiger partial charge in [0.15, 0.2) is 33.7 Å². The average Bonchev–Trinajstić information content (AvgIpc) is 3.16. The van der Waals surface area contributed by atoms with Gasteiger partial charge in [0.05, 0.1) is 16.0 Å². The van der Waals surface area contributed by atoms with Gasteiger partial charge in [0.25, 0.3) is 0 Å². The zero-order valence-electron chi connectivity index (χ0n) is 16.3. The van der Waals surface area contributed by atoms with E-state index in [1.165, 1.54) is 24.4 Å². The number of nitriles is 1. The Morgan fingerprint density at radius 2 is 1.94 bits per heavy atom. The average molecular weight is 457 g/mol. The van der Waals surface area contributed by atoms with Crippen LogP contribution in [0, 0.1) is 23.0 Å². The van der Waals surface area contributed by atoms with E-state index in [1.54, 1.807) is 0 Å². The highest BCUT2D eigenvalue weighted by atomic mass is 32.2. The van der Waals surface area contributed by atoms with Crippen LogP contribution in [-0.2, 0) is 9.84 Å².